The van der Waals surface area contributed by atoms with Gasteiger partial charge >= 0.3 is 16.5 Å². The molecule has 166 valence electrons. The van der Waals surface area contributed by atoms with Crippen molar-refractivity contribution in [1.82, 2.24) is 0 Å². The van der Waals surface area contributed by atoms with Crippen LogP contribution in [-0.4, -0.2) is 74.5 Å². The van der Waals surface area contributed by atoms with E-state index in [2.05, 4.69) is 28.2 Å². The van der Waals surface area contributed by atoms with E-state index in [1.54, 1.807) is 0 Å². The maximum Gasteiger partial charge on any atom is 0.470 e. The molecule has 0 aliphatic carbocycles. The van der Waals surface area contributed by atoms with Gasteiger partial charge in [0.1, 0.15) is 0 Å². The minimum atomic E-state index is -8.02. The van der Waals surface area contributed by atoms with Crippen molar-refractivity contribution in [1.29, 1.82) is 0 Å². The summed E-state index contributed by atoms with van der Waals surface area (Å²) < 4.78 is 168. The minimum absolute atomic E-state index is 1.00. The average molecular weight is 485 g/mol. The normalized spacial score (nSPS) is 15.3. The number of halogens is 9. The smallest absolute Gasteiger partial charge is 0.333 e. The van der Waals surface area contributed by atoms with Crippen molar-refractivity contribution in [3.05, 3.63) is 3.91 Å². The molecular weight excluding hydrogens is 473 g/mol. The summed E-state index contributed by atoms with van der Waals surface area (Å²) in [5, 5.41) is 0. The van der Waals surface area contributed by atoms with Crippen LogP contribution in [0.5, 0.6) is 0 Å². The van der Waals surface area contributed by atoms with Gasteiger partial charge in [-0.25, -0.2) is 0 Å². The second-order valence-corrected chi connectivity index (χ2v) is 12.2. The fraction of sp³-hybridized carbons (Fsp3) is 0.875. The third-order valence-corrected chi connectivity index (χ3v) is 8.67. The van der Waals surface area contributed by atoms with E-state index in [0.29, 0.717) is 0 Å². The number of sulfone groups is 3. The number of nitrogens with zero attached hydrogens (tertiary/aromatic N) is 1. The van der Waals surface area contributed by atoms with Gasteiger partial charge in [0.2, 0.25) is 0 Å². The van der Waals surface area contributed by atoms with Gasteiger partial charge < -0.3 is 4.48 Å². The largest absolute Gasteiger partial charge is 0.470 e. The highest BCUT2D eigenvalue weighted by Gasteiger charge is 2.63. The molecular formula is C8H12F9NO6S3. The van der Waals surface area contributed by atoms with Gasteiger partial charge in [-0.1, -0.05) is 0 Å². The van der Waals surface area contributed by atoms with E-state index >= 15 is 0 Å². The van der Waals surface area contributed by atoms with Crippen LogP contribution in [0, 0.1) is 3.91 Å². The summed E-state index contributed by atoms with van der Waals surface area (Å²) in [7, 11) is -15.6. The number of alkyl halides is 9. The van der Waals surface area contributed by atoms with E-state index in [4.69, 9.17) is 0 Å². The van der Waals surface area contributed by atoms with Gasteiger partial charge in [0.15, 0.2) is 29.5 Å². The van der Waals surface area contributed by atoms with Gasteiger partial charge in [-0.3, -0.25) is 25.3 Å². The fourth-order valence-electron chi connectivity index (χ4n) is 0.717. The Morgan fingerprint density at radius 1 is 0.519 bits per heavy atom. The van der Waals surface area contributed by atoms with Gasteiger partial charge in [-0.2, -0.15) is 39.5 Å². The van der Waals surface area contributed by atoms with E-state index in [1.807, 2.05) is 0 Å². The Balaban J connectivity index is 0. The van der Waals surface area contributed by atoms with Crippen molar-refractivity contribution >= 4 is 29.5 Å². The third kappa shape index (κ3) is 6.93. The molecule has 27 heavy (non-hydrogen) atoms. The highest BCUT2D eigenvalue weighted by Crippen LogP contribution is 2.47. The second-order valence-electron chi connectivity index (χ2n) is 5.78. The first kappa shape index (κ1) is 28.4. The lowest BCUT2D eigenvalue weighted by molar-refractivity contribution is -0.849. The Morgan fingerprint density at radius 2 is 0.630 bits per heavy atom. The summed E-state index contributed by atoms with van der Waals surface area (Å²) in [4.78, 5) is 0. The highest BCUT2D eigenvalue weighted by molar-refractivity contribution is 8.29. The topological polar surface area (TPSA) is 102 Å². The van der Waals surface area contributed by atoms with Gasteiger partial charge in [0, 0.05) is 0 Å². The third-order valence-electron chi connectivity index (χ3n) is 1.57. The number of hydrogen-bond acceptors (Lipinski definition) is 6. The number of quaternary nitrogens is 1. The van der Waals surface area contributed by atoms with Crippen LogP contribution < -0.4 is 0 Å². The van der Waals surface area contributed by atoms with Crippen LogP contribution in [0.4, 0.5) is 39.5 Å². The van der Waals surface area contributed by atoms with E-state index in [1.165, 1.54) is 0 Å². The zero-order valence-corrected chi connectivity index (χ0v) is 16.0. The maximum atomic E-state index is 12.0. The van der Waals surface area contributed by atoms with Crippen LogP contribution >= 0.6 is 0 Å². The lowest BCUT2D eigenvalue weighted by Gasteiger charge is -2.31. The maximum absolute atomic E-state index is 12.0. The molecule has 7 nitrogen and oxygen atoms in total. The van der Waals surface area contributed by atoms with Crippen LogP contribution in [0.15, 0.2) is 0 Å². The van der Waals surface area contributed by atoms with E-state index in [9.17, 15) is 64.8 Å². The molecule has 0 aliphatic heterocycles. The molecule has 0 unspecified atom stereocenters. The van der Waals surface area contributed by atoms with Gasteiger partial charge in [0.25, 0.3) is 0 Å². The Hall–Kier alpha value is -0.820. The molecule has 0 radical (unpaired) electrons. The molecule has 0 atom stereocenters. The molecule has 0 aliphatic rings. The van der Waals surface area contributed by atoms with Crippen molar-refractivity contribution in [3.8, 4) is 0 Å². The summed E-state index contributed by atoms with van der Waals surface area (Å²) in [5.74, 6) is 0. The molecule has 0 amide bonds. The molecule has 0 fully saturated rings. The van der Waals surface area contributed by atoms with E-state index in [0.717, 1.165) is 4.48 Å². The molecule has 0 aromatic rings. The molecule has 0 saturated heterocycles. The number of hydrogen-bond donors (Lipinski definition) is 0. The second kappa shape index (κ2) is 7.54. The first-order valence-corrected chi connectivity index (χ1v) is 10.2. The van der Waals surface area contributed by atoms with E-state index in [-0.39, 0.29) is 0 Å². The standard InChI is InChI=1S/C4F9O6S3.C4H12N/c5-2(6,7)20(14,15)1(21(16,17)3(8,9)10)22(18,19)4(11,12)13;1-5(2,3)4/h;1-4H3/q-1;+1. The zero-order chi connectivity index (χ0) is 23.1. The SMILES string of the molecule is C[N+](C)(C)C.O=S(=O)([C-](S(=O)(=O)C(F)(F)F)S(=O)(=O)C(F)(F)F)C(F)(F)F. The van der Waals surface area contributed by atoms with Crippen LogP contribution in [-0.2, 0) is 29.5 Å². The summed E-state index contributed by atoms with van der Waals surface area (Å²) in [6.45, 7) is 0. The average Bonchev–Trinajstić information content (AvgIpc) is 2.19. The van der Waals surface area contributed by atoms with E-state index < -0.39 is 50.0 Å². The molecule has 0 saturated carbocycles. The summed E-state index contributed by atoms with van der Waals surface area (Å²) in [6.07, 6.45) is 0. The molecule has 0 bridgehead atoms. The molecule has 0 aromatic heterocycles. The monoisotopic (exact) mass is 485 g/mol. The molecule has 0 aromatic carbocycles. The summed E-state index contributed by atoms with van der Waals surface area (Å²) in [6, 6.07) is 0. The van der Waals surface area contributed by atoms with Crippen LogP contribution in [0.2, 0.25) is 0 Å². The van der Waals surface area contributed by atoms with Crippen molar-refractivity contribution in [2.45, 2.75) is 16.5 Å². The fourth-order valence-corrected chi connectivity index (χ4v) is 6.45. The van der Waals surface area contributed by atoms with Crippen LogP contribution in [0.25, 0.3) is 0 Å². The number of rotatable bonds is 3. The Bertz CT molecular complexity index is 717. The van der Waals surface area contributed by atoms with Crippen molar-refractivity contribution < 1.29 is 69.3 Å². The van der Waals surface area contributed by atoms with Crippen molar-refractivity contribution in [3.63, 3.8) is 0 Å². The quantitative estimate of drug-likeness (QED) is 0.342. The van der Waals surface area contributed by atoms with Crippen LogP contribution in [0.1, 0.15) is 0 Å². The molecule has 0 heterocycles. The van der Waals surface area contributed by atoms with Gasteiger partial charge in [-0.15, -0.1) is 0 Å². The Labute approximate surface area is 148 Å². The zero-order valence-electron chi connectivity index (χ0n) is 13.5. The van der Waals surface area contributed by atoms with Gasteiger partial charge in [-0.05, 0) is 0 Å². The highest BCUT2D eigenvalue weighted by atomic mass is 32.3. The van der Waals surface area contributed by atoms with Gasteiger partial charge in [0.05, 0.1) is 32.1 Å². The molecule has 19 heteroatoms. The summed E-state index contributed by atoms with van der Waals surface area (Å²) >= 11 is 0. The summed E-state index contributed by atoms with van der Waals surface area (Å²) in [5.41, 5.74) is -21.2. The van der Waals surface area contributed by atoms with Crippen molar-refractivity contribution in [2.75, 3.05) is 28.2 Å². The van der Waals surface area contributed by atoms with Crippen LogP contribution in [0.3, 0.4) is 0 Å². The molecule has 0 N–H and O–H groups in total. The molecule has 0 rings (SSSR count). The molecule has 0 spiro atoms. The lowest BCUT2D eigenvalue weighted by Crippen LogP contribution is -2.47. The first-order chi connectivity index (χ1) is 11.1. The minimum Gasteiger partial charge on any atom is -0.333 e. The predicted octanol–water partition coefficient (Wildman–Crippen LogP) is 1.56. The Kier molecular flexibility index (Phi) is 7.93. The first-order valence-electron chi connectivity index (χ1n) is 5.71. The Morgan fingerprint density at radius 3 is 0.704 bits per heavy atom. The lowest BCUT2D eigenvalue weighted by atomic mass is 10.8. The van der Waals surface area contributed by atoms with Crippen molar-refractivity contribution in [2.24, 2.45) is 0 Å². The predicted molar refractivity (Wildman–Crippen MR) is 72.1 cm³/mol.